The van der Waals surface area contributed by atoms with E-state index < -0.39 is 0 Å². The number of hydrogen-bond donors (Lipinski definition) is 2. The van der Waals surface area contributed by atoms with Crippen LogP contribution in [0, 0.1) is 17.2 Å². The lowest BCUT2D eigenvalue weighted by atomic mass is 9.88. The van der Waals surface area contributed by atoms with E-state index >= 15 is 0 Å². The van der Waals surface area contributed by atoms with E-state index in [0.29, 0.717) is 18.4 Å². The molecule has 0 saturated heterocycles. The molecule has 1 saturated carbocycles. The number of amides is 1. The molecule has 1 aliphatic carbocycles. The summed E-state index contributed by atoms with van der Waals surface area (Å²) in [5.74, 6) is -0.520. The summed E-state index contributed by atoms with van der Waals surface area (Å²) >= 11 is 0. The topological polar surface area (TPSA) is 49.3 Å². The zero-order chi connectivity index (χ0) is 15.6. The molecule has 0 aromatic heterocycles. The van der Waals surface area contributed by atoms with Gasteiger partial charge >= 0.3 is 0 Å². The lowest BCUT2D eigenvalue weighted by Crippen LogP contribution is -2.41. The second-order valence-corrected chi connectivity index (χ2v) is 7.12. The fourth-order valence-corrected chi connectivity index (χ4v) is 2.81. The van der Waals surface area contributed by atoms with E-state index in [1.807, 2.05) is 0 Å². The molecule has 1 fully saturated rings. The number of aliphatic hydroxyl groups excluding tert-OH is 1. The van der Waals surface area contributed by atoms with Crippen molar-refractivity contribution in [3.63, 3.8) is 0 Å². The molecule has 2 N–H and O–H groups in total. The first-order valence-electron chi connectivity index (χ1n) is 7.47. The van der Waals surface area contributed by atoms with Gasteiger partial charge in [0.2, 0.25) is 5.91 Å². The Morgan fingerprint density at radius 2 is 2.10 bits per heavy atom. The first-order valence-corrected chi connectivity index (χ1v) is 7.47. The third-order valence-corrected chi connectivity index (χ3v) is 3.86. The Kier molecular flexibility index (Phi) is 4.67. The number of halogens is 1. The third kappa shape index (κ3) is 4.27. The molecule has 3 atom stereocenters. The summed E-state index contributed by atoms with van der Waals surface area (Å²) in [7, 11) is 0. The van der Waals surface area contributed by atoms with Crippen LogP contribution in [-0.4, -0.2) is 23.7 Å². The Morgan fingerprint density at radius 1 is 1.43 bits per heavy atom. The minimum Gasteiger partial charge on any atom is -0.394 e. The molecule has 1 aromatic carbocycles. The van der Waals surface area contributed by atoms with Gasteiger partial charge in [0.1, 0.15) is 5.82 Å². The minimum absolute atomic E-state index is 0.0276. The van der Waals surface area contributed by atoms with Gasteiger partial charge in [-0.1, -0.05) is 39.0 Å². The largest absolute Gasteiger partial charge is 0.394 e. The molecule has 4 heteroatoms. The lowest BCUT2D eigenvalue weighted by molar-refractivity contribution is -0.123. The number of carbonyl (C=O) groups is 1. The molecule has 0 aliphatic heterocycles. The predicted molar refractivity (Wildman–Crippen MR) is 80.3 cm³/mol. The standard InChI is InChI=1S/C17H24FNO2/c1-17(2,3)9-11(10-20)19-16(21)14-8-13(14)12-6-4-5-7-15(12)18/h4-7,11,13-14,20H,8-10H2,1-3H3,(H,19,21). The highest BCUT2D eigenvalue weighted by molar-refractivity contribution is 5.83. The normalized spacial score (nSPS) is 22.7. The highest BCUT2D eigenvalue weighted by Crippen LogP contribution is 2.48. The van der Waals surface area contributed by atoms with Crippen molar-refractivity contribution in [2.75, 3.05) is 6.61 Å². The van der Waals surface area contributed by atoms with Gasteiger partial charge in [-0.2, -0.15) is 0 Å². The Balaban J connectivity index is 1.92. The number of rotatable bonds is 5. The molecule has 21 heavy (non-hydrogen) atoms. The SMILES string of the molecule is CC(C)(C)CC(CO)NC(=O)C1CC1c1ccccc1F. The minimum atomic E-state index is -0.244. The summed E-state index contributed by atoms with van der Waals surface area (Å²) in [5.41, 5.74) is 0.656. The third-order valence-electron chi connectivity index (χ3n) is 3.86. The number of nitrogens with one attached hydrogen (secondary N) is 1. The van der Waals surface area contributed by atoms with Crippen molar-refractivity contribution >= 4 is 5.91 Å². The van der Waals surface area contributed by atoms with E-state index in [0.717, 1.165) is 0 Å². The summed E-state index contributed by atoms with van der Waals surface area (Å²) in [6.45, 7) is 6.14. The van der Waals surface area contributed by atoms with E-state index in [1.54, 1.807) is 18.2 Å². The molecular weight excluding hydrogens is 269 g/mol. The second-order valence-electron chi connectivity index (χ2n) is 7.12. The van der Waals surface area contributed by atoms with Gasteiger partial charge in [-0.25, -0.2) is 4.39 Å². The van der Waals surface area contributed by atoms with Crippen molar-refractivity contribution in [3.8, 4) is 0 Å². The zero-order valence-electron chi connectivity index (χ0n) is 12.9. The van der Waals surface area contributed by atoms with Crippen LogP contribution in [0.1, 0.15) is 45.1 Å². The van der Waals surface area contributed by atoms with Crippen molar-refractivity contribution in [2.45, 2.75) is 45.6 Å². The Bertz CT molecular complexity index is 510. The molecule has 3 unspecified atom stereocenters. The van der Waals surface area contributed by atoms with Crippen LogP contribution in [0.25, 0.3) is 0 Å². The highest BCUT2D eigenvalue weighted by Gasteiger charge is 2.45. The molecule has 1 aromatic rings. The molecular formula is C17H24FNO2. The Labute approximate surface area is 125 Å². The molecule has 116 valence electrons. The quantitative estimate of drug-likeness (QED) is 0.877. The van der Waals surface area contributed by atoms with Crippen LogP contribution in [0.2, 0.25) is 0 Å². The maximum absolute atomic E-state index is 13.7. The van der Waals surface area contributed by atoms with Gasteiger partial charge in [0, 0.05) is 5.92 Å². The molecule has 0 spiro atoms. The van der Waals surface area contributed by atoms with Gasteiger partial charge in [0.25, 0.3) is 0 Å². The van der Waals surface area contributed by atoms with E-state index in [1.165, 1.54) is 6.07 Å². The van der Waals surface area contributed by atoms with E-state index in [2.05, 4.69) is 26.1 Å². The molecule has 1 aliphatic rings. The smallest absolute Gasteiger partial charge is 0.224 e. The van der Waals surface area contributed by atoms with Crippen LogP contribution in [0.3, 0.4) is 0 Å². The van der Waals surface area contributed by atoms with Crippen LogP contribution in [0.5, 0.6) is 0 Å². The summed E-state index contributed by atoms with van der Waals surface area (Å²) in [6.07, 6.45) is 1.40. The molecule has 1 amide bonds. The number of carbonyl (C=O) groups excluding carboxylic acids is 1. The molecule has 3 nitrogen and oxygen atoms in total. The summed E-state index contributed by atoms with van der Waals surface area (Å²) in [4.78, 5) is 12.2. The number of aliphatic hydroxyl groups is 1. The van der Waals surface area contributed by atoms with E-state index in [-0.39, 0.29) is 41.6 Å². The average Bonchev–Trinajstić information content (AvgIpc) is 3.17. The summed E-state index contributed by atoms with van der Waals surface area (Å²) in [6, 6.07) is 6.38. The van der Waals surface area contributed by atoms with Gasteiger partial charge in [0.05, 0.1) is 12.6 Å². The molecule has 2 rings (SSSR count). The van der Waals surface area contributed by atoms with Gasteiger partial charge in [-0.05, 0) is 35.8 Å². The average molecular weight is 293 g/mol. The predicted octanol–water partition coefficient (Wildman–Crippen LogP) is 2.84. The summed E-state index contributed by atoms with van der Waals surface area (Å²) < 4.78 is 13.7. The molecule has 0 heterocycles. The molecule has 0 radical (unpaired) electrons. The van der Waals surface area contributed by atoms with Crippen LogP contribution in [0.15, 0.2) is 24.3 Å². The van der Waals surface area contributed by atoms with Crippen LogP contribution in [-0.2, 0) is 4.79 Å². The number of hydrogen-bond acceptors (Lipinski definition) is 2. The van der Waals surface area contributed by atoms with Gasteiger partial charge in [0.15, 0.2) is 0 Å². The van der Waals surface area contributed by atoms with Crippen LogP contribution in [0.4, 0.5) is 4.39 Å². The first kappa shape index (κ1) is 16.0. The summed E-state index contributed by atoms with van der Waals surface area (Å²) in [5, 5.41) is 12.3. The highest BCUT2D eigenvalue weighted by atomic mass is 19.1. The van der Waals surface area contributed by atoms with Gasteiger partial charge in [-0.3, -0.25) is 4.79 Å². The van der Waals surface area contributed by atoms with Crippen molar-refractivity contribution < 1.29 is 14.3 Å². The van der Waals surface area contributed by atoms with Crippen molar-refractivity contribution in [2.24, 2.45) is 11.3 Å². The Hall–Kier alpha value is -1.42. The number of benzene rings is 1. The first-order chi connectivity index (χ1) is 9.81. The van der Waals surface area contributed by atoms with Crippen LogP contribution < -0.4 is 5.32 Å². The maximum atomic E-state index is 13.7. The molecule has 0 bridgehead atoms. The van der Waals surface area contributed by atoms with Crippen molar-refractivity contribution in [1.82, 2.24) is 5.32 Å². The zero-order valence-corrected chi connectivity index (χ0v) is 12.9. The Morgan fingerprint density at radius 3 is 2.67 bits per heavy atom. The monoisotopic (exact) mass is 293 g/mol. The van der Waals surface area contributed by atoms with E-state index in [9.17, 15) is 14.3 Å². The van der Waals surface area contributed by atoms with Gasteiger partial charge in [-0.15, -0.1) is 0 Å². The van der Waals surface area contributed by atoms with Crippen molar-refractivity contribution in [1.29, 1.82) is 0 Å². The lowest BCUT2D eigenvalue weighted by Gasteiger charge is -2.25. The van der Waals surface area contributed by atoms with Gasteiger partial charge < -0.3 is 10.4 Å². The maximum Gasteiger partial charge on any atom is 0.224 e. The second kappa shape index (κ2) is 6.14. The fraction of sp³-hybridized carbons (Fsp3) is 0.588. The van der Waals surface area contributed by atoms with Crippen molar-refractivity contribution in [3.05, 3.63) is 35.6 Å². The van der Waals surface area contributed by atoms with Crippen LogP contribution >= 0.6 is 0 Å². The van der Waals surface area contributed by atoms with E-state index in [4.69, 9.17) is 0 Å². The fourth-order valence-electron chi connectivity index (χ4n) is 2.81.